The van der Waals surface area contributed by atoms with E-state index in [4.69, 9.17) is 16.7 Å². The average Bonchev–Trinajstić information content (AvgIpc) is 3.15. The van der Waals surface area contributed by atoms with Crippen molar-refractivity contribution in [3.8, 4) is 0 Å². The molecule has 1 aromatic heterocycles. The van der Waals surface area contributed by atoms with Gasteiger partial charge in [-0.2, -0.15) is 5.10 Å². The third-order valence-electron chi connectivity index (χ3n) is 3.25. The summed E-state index contributed by atoms with van der Waals surface area (Å²) in [5, 5.41) is 18.6. The van der Waals surface area contributed by atoms with Crippen LogP contribution in [0.5, 0.6) is 0 Å². The first-order chi connectivity index (χ1) is 10.0. The van der Waals surface area contributed by atoms with Crippen molar-refractivity contribution in [3.63, 3.8) is 0 Å². The van der Waals surface area contributed by atoms with E-state index in [9.17, 15) is 9.59 Å². The minimum absolute atomic E-state index is 0.0125. The molecule has 1 aliphatic rings. The molecule has 2 aromatic rings. The number of hydrogen-bond acceptors (Lipinski definition) is 3. The van der Waals surface area contributed by atoms with E-state index in [1.54, 1.807) is 6.07 Å². The predicted molar refractivity (Wildman–Crippen MR) is 76.9 cm³/mol. The van der Waals surface area contributed by atoms with E-state index >= 15 is 0 Å². The highest BCUT2D eigenvalue weighted by atomic mass is 35.5. The monoisotopic (exact) mass is 305 g/mol. The lowest BCUT2D eigenvalue weighted by atomic mass is 10.2. The van der Waals surface area contributed by atoms with Crippen molar-refractivity contribution in [3.05, 3.63) is 46.2 Å². The van der Waals surface area contributed by atoms with Crippen molar-refractivity contribution in [2.24, 2.45) is 0 Å². The number of amides is 1. The highest BCUT2D eigenvalue weighted by Crippen LogP contribution is 2.39. The fourth-order valence-corrected chi connectivity index (χ4v) is 2.27. The van der Waals surface area contributed by atoms with E-state index in [0.717, 1.165) is 18.5 Å². The Morgan fingerprint density at radius 1 is 1.29 bits per heavy atom. The Kier molecular flexibility index (Phi) is 3.39. The van der Waals surface area contributed by atoms with Crippen molar-refractivity contribution in [2.45, 2.75) is 18.8 Å². The molecule has 1 fully saturated rings. The summed E-state index contributed by atoms with van der Waals surface area (Å²) in [5.41, 5.74) is 1.56. The van der Waals surface area contributed by atoms with Gasteiger partial charge < -0.3 is 10.4 Å². The minimum Gasteiger partial charge on any atom is -0.478 e. The van der Waals surface area contributed by atoms with Crippen LogP contribution in [0.2, 0.25) is 5.02 Å². The maximum atomic E-state index is 12.1. The molecule has 1 heterocycles. The normalized spacial score (nSPS) is 14.0. The zero-order valence-electron chi connectivity index (χ0n) is 10.9. The quantitative estimate of drug-likeness (QED) is 0.809. The van der Waals surface area contributed by atoms with Crippen LogP contribution in [0.4, 0.5) is 5.69 Å². The second kappa shape index (κ2) is 5.21. The highest BCUT2D eigenvalue weighted by Gasteiger charge is 2.26. The number of benzene rings is 1. The zero-order valence-corrected chi connectivity index (χ0v) is 11.6. The summed E-state index contributed by atoms with van der Waals surface area (Å²) in [6, 6.07) is 5.87. The van der Waals surface area contributed by atoms with Gasteiger partial charge in [0.1, 0.15) is 0 Å². The van der Waals surface area contributed by atoms with Gasteiger partial charge >= 0.3 is 5.97 Å². The van der Waals surface area contributed by atoms with Gasteiger partial charge in [0.2, 0.25) is 0 Å². The van der Waals surface area contributed by atoms with Gasteiger partial charge in [-0.05, 0) is 37.1 Å². The number of aromatic amines is 1. The van der Waals surface area contributed by atoms with Gasteiger partial charge in [0.15, 0.2) is 5.69 Å². The Morgan fingerprint density at radius 2 is 2.05 bits per heavy atom. The molecule has 1 aliphatic carbocycles. The lowest BCUT2D eigenvalue weighted by Crippen LogP contribution is -2.13. The number of aromatic nitrogens is 2. The van der Waals surface area contributed by atoms with Gasteiger partial charge in [0.25, 0.3) is 5.91 Å². The number of halogens is 1. The number of carboxylic acid groups (broad SMARTS) is 1. The molecule has 1 amide bonds. The molecule has 7 heteroatoms. The second-order valence-corrected chi connectivity index (χ2v) is 5.41. The summed E-state index contributed by atoms with van der Waals surface area (Å²) >= 11 is 5.84. The van der Waals surface area contributed by atoms with Gasteiger partial charge in [0, 0.05) is 22.3 Å². The molecule has 1 saturated carbocycles. The summed E-state index contributed by atoms with van der Waals surface area (Å²) in [4.78, 5) is 23.0. The topological polar surface area (TPSA) is 95.1 Å². The SMILES string of the molecule is O=C(O)c1cc(Cl)cc(NC(=O)c2cc(C3CC3)[nH]n2)c1. The van der Waals surface area contributed by atoms with Gasteiger partial charge in [-0.1, -0.05) is 11.6 Å². The summed E-state index contributed by atoms with van der Waals surface area (Å²) in [7, 11) is 0. The molecule has 0 spiro atoms. The molecule has 6 nitrogen and oxygen atoms in total. The predicted octanol–water partition coefficient (Wildman–Crippen LogP) is 2.89. The van der Waals surface area contributed by atoms with Crippen LogP contribution in [-0.2, 0) is 0 Å². The molecule has 0 unspecified atom stereocenters. The molecule has 1 aromatic carbocycles. The van der Waals surface area contributed by atoms with Crippen LogP contribution in [-0.4, -0.2) is 27.2 Å². The van der Waals surface area contributed by atoms with E-state index in [2.05, 4.69) is 15.5 Å². The number of aromatic carboxylic acids is 1. The lowest BCUT2D eigenvalue weighted by molar-refractivity contribution is 0.0696. The average molecular weight is 306 g/mol. The Bertz CT molecular complexity index is 722. The van der Waals surface area contributed by atoms with Gasteiger partial charge in [0.05, 0.1) is 5.56 Å². The number of carbonyl (C=O) groups excluding carboxylic acids is 1. The van der Waals surface area contributed by atoms with Crippen LogP contribution >= 0.6 is 11.6 Å². The molecule has 3 N–H and O–H groups in total. The van der Waals surface area contributed by atoms with Crippen LogP contribution in [0.15, 0.2) is 24.3 Å². The Hall–Kier alpha value is -2.34. The van der Waals surface area contributed by atoms with E-state index in [-0.39, 0.29) is 16.3 Å². The maximum absolute atomic E-state index is 12.1. The summed E-state index contributed by atoms with van der Waals surface area (Å²) in [6.45, 7) is 0. The molecule has 0 bridgehead atoms. The number of H-pyrrole nitrogens is 1. The van der Waals surface area contributed by atoms with Gasteiger partial charge in [-0.15, -0.1) is 0 Å². The number of hydrogen-bond donors (Lipinski definition) is 3. The molecule has 0 saturated heterocycles. The third-order valence-corrected chi connectivity index (χ3v) is 3.47. The maximum Gasteiger partial charge on any atom is 0.335 e. The number of rotatable bonds is 4. The van der Waals surface area contributed by atoms with Gasteiger partial charge in [-0.25, -0.2) is 4.79 Å². The van der Waals surface area contributed by atoms with Crippen LogP contribution < -0.4 is 5.32 Å². The Morgan fingerprint density at radius 3 is 2.71 bits per heavy atom. The second-order valence-electron chi connectivity index (χ2n) is 4.97. The van der Waals surface area contributed by atoms with E-state index in [1.165, 1.54) is 18.2 Å². The molecule has 3 rings (SSSR count). The molecular formula is C14H12ClN3O3. The first-order valence-corrected chi connectivity index (χ1v) is 6.81. The minimum atomic E-state index is -1.11. The lowest BCUT2D eigenvalue weighted by Gasteiger charge is -2.05. The van der Waals surface area contributed by atoms with Crippen molar-refractivity contribution in [1.82, 2.24) is 10.2 Å². The summed E-state index contributed by atoms with van der Waals surface area (Å²) in [5.74, 6) is -1.04. The Labute approximate surface area is 125 Å². The first-order valence-electron chi connectivity index (χ1n) is 6.43. The zero-order chi connectivity index (χ0) is 15.0. The number of carboxylic acids is 1. The standard InChI is InChI=1S/C14H12ClN3O3/c15-9-3-8(14(20)21)4-10(5-9)16-13(19)12-6-11(17-18-12)7-1-2-7/h3-7H,1-2H2,(H,16,19)(H,17,18)(H,20,21). The van der Waals surface area contributed by atoms with Crippen LogP contribution in [0, 0.1) is 0 Å². The number of nitrogens with zero attached hydrogens (tertiary/aromatic N) is 1. The van der Waals surface area contributed by atoms with Crippen molar-refractivity contribution in [2.75, 3.05) is 5.32 Å². The van der Waals surface area contributed by atoms with Crippen LogP contribution in [0.3, 0.4) is 0 Å². The van der Waals surface area contributed by atoms with Crippen LogP contribution in [0.1, 0.15) is 45.3 Å². The van der Waals surface area contributed by atoms with E-state index in [0.29, 0.717) is 11.6 Å². The smallest absolute Gasteiger partial charge is 0.335 e. The van der Waals surface area contributed by atoms with Crippen molar-refractivity contribution in [1.29, 1.82) is 0 Å². The fourth-order valence-electron chi connectivity index (χ4n) is 2.04. The number of anilines is 1. The molecule has 108 valence electrons. The summed E-state index contributed by atoms with van der Waals surface area (Å²) < 4.78 is 0. The fraction of sp³-hybridized carbons (Fsp3) is 0.214. The Balaban J connectivity index is 1.78. The molecule has 0 atom stereocenters. The molecule has 21 heavy (non-hydrogen) atoms. The van der Waals surface area contributed by atoms with E-state index < -0.39 is 11.9 Å². The van der Waals surface area contributed by atoms with Crippen LogP contribution in [0.25, 0.3) is 0 Å². The first kappa shape index (κ1) is 13.6. The largest absolute Gasteiger partial charge is 0.478 e. The summed E-state index contributed by atoms with van der Waals surface area (Å²) in [6.07, 6.45) is 2.22. The third kappa shape index (κ3) is 3.05. The van der Waals surface area contributed by atoms with E-state index in [1.807, 2.05) is 0 Å². The highest BCUT2D eigenvalue weighted by molar-refractivity contribution is 6.31. The van der Waals surface area contributed by atoms with Crippen molar-refractivity contribution >= 4 is 29.2 Å². The van der Waals surface area contributed by atoms with Crippen molar-refractivity contribution < 1.29 is 14.7 Å². The number of nitrogens with one attached hydrogen (secondary N) is 2. The van der Waals surface area contributed by atoms with Gasteiger partial charge in [-0.3, -0.25) is 9.89 Å². The molecule has 0 radical (unpaired) electrons. The number of carbonyl (C=O) groups is 2. The molecule has 0 aliphatic heterocycles. The molecular weight excluding hydrogens is 294 g/mol.